The fraction of sp³-hybridized carbons (Fsp3) is 0.636. The van der Waals surface area contributed by atoms with Crippen LogP contribution in [-0.4, -0.2) is 35.6 Å². The largest absolute Gasteiger partial charge is 0.478 e. The van der Waals surface area contributed by atoms with Gasteiger partial charge in [0.2, 0.25) is 5.91 Å². The minimum absolute atomic E-state index is 0.101. The fourth-order valence-corrected chi connectivity index (χ4v) is 1.10. The van der Waals surface area contributed by atoms with Crippen molar-refractivity contribution in [1.82, 2.24) is 10.6 Å². The van der Waals surface area contributed by atoms with Crippen molar-refractivity contribution >= 4 is 11.9 Å². The van der Waals surface area contributed by atoms with Crippen molar-refractivity contribution < 1.29 is 14.7 Å². The Kier molecular flexibility index (Phi) is 5.74. The van der Waals surface area contributed by atoms with Crippen molar-refractivity contribution in [2.75, 3.05) is 13.1 Å². The van der Waals surface area contributed by atoms with E-state index in [1.807, 2.05) is 20.8 Å². The minimum Gasteiger partial charge on any atom is -0.478 e. The van der Waals surface area contributed by atoms with E-state index >= 15 is 0 Å². The third-order valence-electron chi connectivity index (χ3n) is 1.57. The molecule has 0 unspecified atom stereocenters. The second kappa shape index (κ2) is 6.27. The number of carbonyl (C=O) groups is 2. The van der Waals surface area contributed by atoms with E-state index < -0.39 is 5.97 Å². The van der Waals surface area contributed by atoms with E-state index in [4.69, 9.17) is 5.11 Å². The van der Waals surface area contributed by atoms with Crippen LogP contribution < -0.4 is 10.6 Å². The Morgan fingerprint density at radius 2 is 1.81 bits per heavy atom. The summed E-state index contributed by atoms with van der Waals surface area (Å²) < 4.78 is 0. The van der Waals surface area contributed by atoms with Gasteiger partial charge in [0.05, 0.1) is 6.54 Å². The third-order valence-corrected chi connectivity index (χ3v) is 1.57. The van der Waals surface area contributed by atoms with Gasteiger partial charge in [0, 0.05) is 18.2 Å². The summed E-state index contributed by atoms with van der Waals surface area (Å²) in [5.74, 6) is -1.07. The van der Waals surface area contributed by atoms with Gasteiger partial charge in [-0.25, -0.2) is 4.79 Å². The van der Waals surface area contributed by atoms with Crippen molar-refractivity contribution in [3.63, 3.8) is 0 Å². The molecule has 0 atom stereocenters. The second-order valence-electron chi connectivity index (χ2n) is 4.73. The molecule has 0 radical (unpaired) electrons. The number of hydrogen-bond donors (Lipinski definition) is 3. The quantitative estimate of drug-likeness (QED) is 0.599. The molecule has 0 fully saturated rings. The van der Waals surface area contributed by atoms with Crippen LogP contribution in [0.2, 0.25) is 0 Å². The molecular weight excluding hydrogens is 208 g/mol. The van der Waals surface area contributed by atoms with E-state index in [1.165, 1.54) is 0 Å². The van der Waals surface area contributed by atoms with Crippen molar-refractivity contribution in [2.24, 2.45) is 0 Å². The van der Waals surface area contributed by atoms with E-state index in [0.717, 1.165) is 6.08 Å². The number of amides is 1. The zero-order valence-electron chi connectivity index (χ0n) is 10.3. The maximum absolute atomic E-state index is 11.4. The van der Waals surface area contributed by atoms with Gasteiger partial charge < -0.3 is 15.7 Å². The predicted molar refractivity (Wildman–Crippen MR) is 62.2 cm³/mol. The zero-order chi connectivity index (χ0) is 12.8. The topological polar surface area (TPSA) is 78.4 Å². The summed E-state index contributed by atoms with van der Waals surface area (Å²) in [4.78, 5) is 21.7. The molecule has 0 aliphatic heterocycles. The third kappa shape index (κ3) is 9.21. The van der Waals surface area contributed by atoms with Gasteiger partial charge in [0.1, 0.15) is 0 Å². The highest BCUT2D eigenvalue weighted by Gasteiger charge is 2.12. The molecule has 0 aromatic heterocycles. The molecule has 92 valence electrons. The summed E-state index contributed by atoms with van der Waals surface area (Å²) in [6, 6.07) is 0. The summed E-state index contributed by atoms with van der Waals surface area (Å²) in [5.41, 5.74) is 0.432. The van der Waals surface area contributed by atoms with E-state index in [1.54, 1.807) is 6.92 Å². The molecule has 16 heavy (non-hydrogen) atoms. The molecule has 0 aliphatic rings. The Hall–Kier alpha value is -1.36. The molecule has 0 saturated carbocycles. The Morgan fingerprint density at radius 3 is 2.25 bits per heavy atom. The molecule has 0 heterocycles. The Balaban J connectivity index is 3.83. The van der Waals surface area contributed by atoms with Crippen LogP contribution in [0.15, 0.2) is 11.6 Å². The van der Waals surface area contributed by atoms with Crippen LogP contribution in [0.3, 0.4) is 0 Å². The van der Waals surface area contributed by atoms with Gasteiger partial charge >= 0.3 is 5.97 Å². The summed E-state index contributed by atoms with van der Waals surface area (Å²) in [5, 5.41) is 14.1. The Bertz CT molecular complexity index is 290. The van der Waals surface area contributed by atoms with Gasteiger partial charge in [-0.2, -0.15) is 0 Å². The predicted octanol–water partition coefficient (Wildman–Crippen LogP) is 0.522. The van der Waals surface area contributed by atoms with Gasteiger partial charge in [-0.15, -0.1) is 0 Å². The maximum atomic E-state index is 11.4. The Morgan fingerprint density at radius 1 is 1.25 bits per heavy atom. The molecule has 0 aromatic carbocycles. The monoisotopic (exact) mass is 228 g/mol. The highest BCUT2D eigenvalue weighted by atomic mass is 16.4. The summed E-state index contributed by atoms with van der Waals surface area (Å²) in [6.07, 6.45) is 1.12. The first-order valence-electron chi connectivity index (χ1n) is 5.12. The number of carboxylic acids is 1. The summed E-state index contributed by atoms with van der Waals surface area (Å²) in [6.45, 7) is 7.98. The SMILES string of the molecule is CC(=CC(=O)O)CNCC(=O)NC(C)(C)C. The molecule has 0 saturated heterocycles. The van der Waals surface area contributed by atoms with E-state index in [9.17, 15) is 9.59 Å². The summed E-state index contributed by atoms with van der Waals surface area (Å²) >= 11 is 0. The van der Waals surface area contributed by atoms with Crippen LogP contribution in [-0.2, 0) is 9.59 Å². The molecular formula is C11H20N2O3. The molecule has 0 spiro atoms. The Labute approximate surface area is 95.9 Å². The van der Waals surface area contributed by atoms with Gasteiger partial charge in [0.25, 0.3) is 0 Å². The molecule has 0 aliphatic carbocycles. The number of carbonyl (C=O) groups excluding carboxylic acids is 1. The average molecular weight is 228 g/mol. The highest BCUT2D eigenvalue weighted by molar-refractivity contribution is 5.81. The minimum atomic E-state index is -0.974. The van der Waals surface area contributed by atoms with Gasteiger partial charge in [-0.05, 0) is 27.7 Å². The molecule has 3 N–H and O–H groups in total. The normalized spacial score (nSPS) is 12.4. The number of aliphatic carboxylic acids is 1. The lowest BCUT2D eigenvalue weighted by molar-refractivity contribution is -0.131. The lowest BCUT2D eigenvalue weighted by Gasteiger charge is -2.20. The number of rotatable bonds is 5. The number of nitrogens with one attached hydrogen (secondary N) is 2. The molecule has 5 heteroatoms. The lowest BCUT2D eigenvalue weighted by atomic mass is 10.1. The van der Waals surface area contributed by atoms with Crippen LogP contribution in [0.25, 0.3) is 0 Å². The van der Waals surface area contributed by atoms with Crippen LogP contribution in [0, 0.1) is 0 Å². The van der Waals surface area contributed by atoms with Crippen LogP contribution in [0.5, 0.6) is 0 Å². The zero-order valence-corrected chi connectivity index (χ0v) is 10.3. The second-order valence-corrected chi connectivity index (χ2v) is 4.73. The lowest BCUT2D eigenvalue weighted by Crippen LogP contribution is -2.45. The van der Waals surface area contributed by atoms with E-state index in [-0.39, 0.29) is 18.0 Å². The maximum Gasteiger partial charge on any atom is 0.328 e. The van der Waals surface area contributed by atoms with Crippen molar-refractivity contribution in [2.45, 2.75) is 33.2 Å². The number of hydrogen-bond acceptors (Lipinski definition) is 3. The van der Waals surface area contributed by atoms with Crippen molar-refractivity contribution in [3.8, 4) is 0 Å². The van der Waals surface area contributed by atoms with Crippen LogP contribution in [0.1, 0.15) is 27.7 Å². The highest BCUT2D eigenvalue weighted by Crippen LogP contribution is 1.97. The van der Waals surface area contributed by atoms with Crippen molar-refractivity contribution in [3.05, 3.63) is 11.6 Å². The molecule has 5 nitrogen and oxygen atoms in total. The van der Waals surface area contributed by atoms with Crippen LogP contribution in [0.4, 0.5) is 0 Å². The molecule has 0 bridgehead atoms. The van der Waals surface area contributed by atoms with Gasteiger partial charge in [-0.1, -0.05) is 5.57 Å². The molecule has 1 amide bonds. The molecule has 0 rings (SSSR count). The average Bonchev–Trinajstić information content (AvgIpc) is 1.98. The first kappa shape index (κ1) is 14.6. The fourth-order valence-electron chi connectivity index (χ4n) is 1.10. The standard InChI is InChI=1S/C11H20N2O3/c1-8(5-10(15)16)6-12-7-9(14)13-11(2,3)4/h5,12H,6-7H2,1-4H3,(H,13,14)(H,15,16). The summed E-state index contributed by atoms with van der Waals surface area (Å²) in [7, 11) is 0. The first-order valence-corrected chi connectivity index (χ1v) is 5.12. The smallest absolute Gasteiger partial charge is 0.328 e. The van der Waals surface area contributed by atoms with Crippen molar-refractivity contribution in [1.29, 1.82) is 0 Å². The van der Waals surface area contributed by atoms with E-state index in [2.05, 4.69) is 10.6 Å². The van der Waals surface area contributed by atoms with Gasteiger partial charge in [0.15, 0.2) is 0 Å². The van der Waals surface area contributed by atoms with E-state index in [0.29, 0.717) is 12.1 Å². The van der Waals surface area contributed by atoms with Gasteiger partial charge in [-0.3, -0.25) is 4.79 Å². The first-order chi connectivity index (χ1) is 7.20. The number of carboxylic acid groups (broad SMARTS) is 1. The molecule has 0 aromatic rings. The van der Waals surface area contributed by atoms with Crippen LogP contribution >= 0.6 is 0 Å².